The molecule has 0 radical (unpaired) electrons. The molecule has 1 aromatic rings. The third kappa shape index (κ3) is 2.42. The quantitative estimate of drug-likeness (QED) is 0.485. The van der Waals surface area contributed by atoms with Crippen molar-refractivity contribution >= 4 is 17.4 Å². The number of hydrogen-bond donors (Lipinski definition) is 0. The molecule has 0 bridgehead atoms. The fourth-order valence-corrected chi connectivity index (χ4v) is 2.42. The Bertz CT molecular complexity index is 636. The average Bonchev–Trinajstić information content (AvgIpc) is 2.83. The third-order valence-corrected chi connectivity index (χ3v) is 3.41. The van der Waals surface area contributed by atoms with Gasteiger partial charge in [-0.05, 0) is 24.1 Å². The van der Waals surface area contributed by atoms with E-state index in [4.69, 9.17) is 11.6 Å². The molecule has 0 saturated heterocycles. The summed E-state index contributed by atoms with van der Waals surface area (Å²) < 4.78 is 0. The van der Waals surface area contributed by atoms with Crippen molar-refractivity contribution in [2.24, 2.45) is 4.99 Å². The number of amidine groups is 1. The van der Waals surface area contributed by atoms with Gasteiger partial charge in [0.1, 0.15) is 5.15 Å². The Labute approximate surface area is 120 Å². The van der Waals surface area contributed by atoms with Gasteiger partial charge in [0, 0.05) is 25.0 Å². The second-order valence-corrected chi connectivity index (χ2v) is 4.99. The van der Waals surface area contributed by atoms with Crippen molar-refractivity contribution in [1.82, 2.24) is 9.88 Å². The van der Waals surface area contributed by atoms with Crippen LogP contribution in [0.4, 0.5) is 0 Å². The zero-order chi connectivity index (χ0) is 14.1. The Morgan fingerprint density at radius 2 is 2.35 bits per heavy atom. The van der Waals surface area contributed by atoms with Crippen LogP contribution in [0.2, 0.25) is 5.15 Å². The van der Waals surface area contributed by atoms with Crippen LogP contribution in [0.5, 0.6) is 0 Å². The van der Waals surface area contributed by atoms with Gasteiger partial charge in [0.2, 0.25) is 5.84 Å². The second-order valence-electron chi connectivity index (χ2n) is 4.60. The van der Waals surface area contributed by atoms with Crippen LogP contribution in [0.3, 0.4) is 0 Å². The van der Waals surface area contributed by atoms with E-state index in [9.17, 15) is 10.1 Å². The molecule has 0 fully saturated rings. The van der Waals surface area contributed by atoms with Crippen molar-refractivity contribution < 1.29 is 4.92 Å². The molecule has 0 spiro atoms. The van der Waals surface area contributed by atoms with Gasteiger partial charge in [-0.15, -0.1) is 0 Å². The lowest BCUT2D eigenvalue weighted by Crippen LogP contribution is -2.29. The lowest BCUT2D eigenvalue weighted by molar-refractivity contribution is -0.415. The standard InChI is InChI=1S/C13H11ClN4O2/c14-12-4-3-9(7-15-12)6-10-8-17-5-1-2-11(18(19)20)13(17)16-10/h1-5,7,10H,6,8H2. The fourth-order valence-electron chi connectivity index (χ4n) is 2.31. The van der Waals surface area contributed by atoms with E-state index in [2.05, 4.69) is 9.98 Å². The third-order valence-electron chi connectivity index (χ3n) is 3.19. The summed E-state index contributed by atoms with van der Waals surface area (Å²) in [6, 6.07) is 3.61. The fraction of sp³-hybridized carbons (Fsp3) is 0.231. The monoisotopic (exact) mass is 290 g/mol. The Balaban J connectivity index is 1.78. The predicted molar refractivity (Wildman–Crippen MR) is 75.1 cm³/mol. The van der Waals surface area contributed by atoms with Crippen LogP contribution in [-0.4, -0.2) is 33.2 Å². The van der Waals surface area contributed by atoms with Gasteiger partial charge < -0.3 is 4.90 Å². The van der Waals surface area contributed by atoms with E-state index in [1.807, 2.05) is 17.2 Å². The molecule has 2 aliphatic rings. The van der Waals surface area contributed by atoms with Gasteiger partial charge in [-0.3, -0.25) is 15.1 Å². The van der Waals surface area contributed by atoms with Gasteiger partial charge in [0.05, 0.1) is 11.0 Å². The number of pyridine rings is 1. The highest BCUT2D eigenvalue weighted by Gasteiger charge is 2.33. The summed E-state index contributed by atoms with van der Waals surface area (Å²) in [6.45, 7) is 0.639. The first-order valence-corrected chi connectivity index (χ1v) is 6.49. The average molecular weight is 291 g/mol. The second kappa shape index (κ2) is 5.05. The minimum absolute atomic E-state index is 0.0147. The maximum Gasteiger partial charge on any atom is 0.311 e. The van der Waals surface area contributed by atoms with Crippen LogP contribution in [0.1, 0.15) is 5.56 Å². The molecular weight excluding hydrogens is 280 g/mol. The number of rotatable bonds is 3. The largest absolute Gasteiger partial charge is 0.325 e. The topological polar surface area (TPSA) is 71.6 Å². The van der Waals surface area contributed by atoms with Gasteiger partial charge in [0.25, 0.3) is 0 Å². The van der Waals surface area contributed by atoms with Gasteiger partial charge in [0.15, 0.2) is 0 Å². The summed E-state index contributed by atoms with van der Waals surface area (Å²) in [5, 5.41) is 11.4. The molecule has 0 aromatic carbocycles. The molecule has 0 N–H and O–H groups in total. The van der Waals surface area contributed by atoms with Gasteiger partial charge in [-0.1, -0.05) is 17.7 Å². The van der Waals surface area contributed by atoms with Crippen molar-refractivity contribution in [3.8, 4) is 0 Å². The molecular formula is C13H11ClN4O2. The van der Waals surface area contributed by atoms with E-state index in [0.29, 0.717) is 24.0 Å². The Morgan fingerprint density at radius 3 is 3.05 bits per heavy atom. The maximum atomic E-state index is 11.0. The molecule has 0 amide bonds. The summed E-state index contributed by atoms with van der Waals surface area (Å²) in [5.41, 5.74) is 1.06. The first kappa shape index (κ1) is 12.8. The Morgan fingerprint density at radius 1 is 1.50 bits per heavy atom. The van der Waals surface area contributed by atoms with Crippen LogP contribution in [-0.2, 0) is 6.42 Å². The van der Waals surface area contributed by atoms with Crippen molar-refractivity contribution in [2.75, 3.05) is 6.54 Å². The Kier molecular flexibility index (Phi) is 3.23. The van der Waals surface area contributed by atoms with Crippen molar-refractivity contribution in [1.29, 1.82) is 0 Å². The SMILES string of the molecule is O=[N+]([O-])C1=CC=CN2CC(Cc3ccc(Cl)nc3)N=C12. The van der Waals surface area contributed by atoms with E-state index in [-0.39, 0.29) is 11.7 Å². The minimum atomic E-state index is -0.401. The number of fused-ring (bicyclic) bond motifs is 1. The van der Waals surface area contributed by atoms with E-state index >= 15 is 0 Å². The van der Waals surface area contributed by atoms with E-state index < -0.39 is 4.92 Å². The first-order valence-electron chi connectivity index (χ1n) is 6.11. The van der Waals surface area contributed by atoms with Crippen LogP contribution in [0, 0.1) is 10.1 Å². The van der Waals surface area contributed by atoms with E-state index in [1.165, 1.54) is 6.08 Å². The highest BCUT2D eigenvalue weighted by atomic mass is 35.5. The van der Waals surface area contributed by atoms with Gasteiger partial charge >= 0.3 is 5.70 Å². The van der Waals surface area contributed by atoms with Crippen LogP contribution in [0.15, 0.2) is 47.4 Å². The lowest BCUT2D eigenvalue weighted by atomic mass is 10.1. The zero-order valence-electron chi connectivity index (χ0n) is 10.4. The molecule has 20 heavy (non-hydrogen) atoms. The number of allylic oxidation sites excluding steroid dienone is 2. The highest BCUT2D eigenvalue weighted by Crippen LogP contribution is 2.22. The van der Waals surface area contributed by atoms with Crippen LogP contribution in [0.25, 0.3) is 0 Å². The number of aromatic nitrogens is 1. The molecule has 102 valence electrons. The molecule has 1 atom stereocenters. The number of nitrogens with zero attached hydrogens (tertiary/aromatic N) is 4. The predicted octanol–water partition coefficient (Wildman–Crippen LogP) is 2.05. The summed E-state index contributed by atoms with van der Waals surface area (Å²) in [4.78, 5) is 20.9. The molecule has 3 heterocycles. The van der Waals surface area contributed by atoms with E-state index in [0.717, 1.165) is 5.56 Å². The maximum absolute atomic E-state index is 11.0. The number of aliphatic imine (C=N–C) groups is 1. The summed E-state index contributed by atoms with van der Waals surface area (Å²) >= 11 is 5.74. The van der Waals surface area contributed by atoms with Crippen LogP contribution >= 0.6 is 11.6 Å². The van der Waals surface area contributed by atoms with Crippen molar-refractivity contribution in [2.45, 2.75) is 12.5 Å². The Hall–Kier alpha value is -2.21. The summed E-state index contributed by atoms with van der Waals surface area (Å²) in [7, 11) is 0. The lowest BCUT2D eigenvalue weighted by Gasteiger charge is -2.16. The smallest absolute Gasteiger partial charge is 0.311 e. The van der Waals surface area contributed by atoms with Crippen LogP contribution < -0.4 is 0 Å². The zero-order valence-corrected chi connectivity index (χ0v) is 11.2. The summed E-state index contributed by atoms with van der Waals surface area (Å²) in [6.07, 6.45) is 7.35. The molecule has 6 nitrogen and oxygen atoms in total. The molecule has 7 heteroatoms. The molecule has 3 rings (SSSR count). The van der Waals surface area contributed by atoms with Crippen molar-refractivity contribution in [3.63, 3.8) is 0 Å². The highest BCUT2D eigenvalue weighted by molar-refractivity contribution is 6.29. The van der Waals surface area contributed by atoms with Gasteiger partial charge in [-0.25, -0.2) is 4.98 Å². The first-order chi connectivity index (χ1) is 9.63. The molecule has 1 unspecified atom stereocenters. The number of nitro groups is 1. The molecule has 1 aromatic heterocycles. The number of hydrogen-bond acceptors (Lipinski definition) is 5. The number of halogens is 1. The summed E-state index contributed by atoms with van der Waals surface area (Å²) in [5.74, 6) is 0.435. The van der Waals surface area contributed by atoms with E-state index in [1.54, 1.807) is 18.3 Å². The molecule has 0 aliphatic carbocycles. The van der Waals surface area contributed by atoms with Crippen molar-refractivity contribution in [3.05, 3.63) is 63.2 Å². The van der Waals surface area contributed by atoms with Gasteiger partial charge in [-0.2, -0.15) is 0 Å². The normalized spacial score (nSPS) is 20.4. The minimum Gasteiger partial charge on any atom is -0.325 e. The molecule has 0 saturated carbocycles. The molecule has 2 aliphatic heterocycles.